The molecule has 0 fully saturated rings. The lowest BCUT2D eigenvalue weighted by Crippen LogP contribution is -2.08. The first-order valence-corrected chi connectivity index (χ1v) is 6.90. The van der Waals surface area contributed by atoms with E-state index in [2.05, 4.69) is 45.5 Å². The average Bonchev–Trinajstić information content (AvgIpc) is 3.01. The fourth-order valence-corrected chi connectivity index (χ4v) is 2.22. The Morgan fingerprint density at radius 3 is 2.90 bits per heavy atom. The van der Waals surface area contributed by atoms with Crippen LogP contribution in [0, 0.1) is 0 Å². The van der Waals surface area contributed by atoms with Crippen molar-refractivity contribution >= 4 is 5.69 Å². The van der Waals surface area contributed by atoms with Crippen molar-refractivity contribution in [2.45, 2.75) is 19.5 Å². The Balaban J connectivity index is 1.71. The van der Waals surface area contributed by atoms with Crippen LogP contribution < -0.4 is 5.32 Å². The number of aromatic nitrogens is 4. The normalized spacial score (nSPS) is 12.0. The molecule has 0 saturated carbocycles. The number of rotatable bonds is 5. The molecule has 1 N–H and O–H groups in total. The third-order valence-electron chi connectivity index (χ3n) is 3.25. The summed E-state index contributed by atoms with van der Waals surface area (Å²) in [5.41, 5.74) is 3.28. The zero-order valence-corrected chi connectivity index (χ0v) is 11.8. The Morgan fingerprint density at radius 2 is 2.14 bits per heavy atom. The maximum atomic E-state index is 4.37. The second kappa shape index (κ2) is 6.17. The van der Waals surface area contributed by atoms with Crippen molar-refractivity contribution in [3.8, 4) is 0 Å². The van der Waals surface area contributed by atoms with Crippen LogP contribution in [0.4, 0.5) is 5.69 Å². The Kier molecular flexibility index (Phi) is 3.91. The smallest absolute Gasteiger partial charge is 0.137 e. The minimum Gasteiger partial charge on any atom is -0.377 e. The number of nitrogens with one attached hydrogen (secondary N) is 1. The summed E-state index contributed by atoms with van der Waals surface area (Å²) in [6.45, 7) is 2.82. The zero-order chi connectivity index (χ0) is 14.5. The molecule has 0 radical (unpaired) electrons. The lowest BCUT2D eigenvalue weighted by Gasteiger charge is -2.15. The van der Waals surface area contributed by atoms with Crippen LogP contribution in [0.15, 0.2) is 61.3 Å². The summed E-state index contributed by atoms with van der Waals surface area (Å²) in [6, 6.07) is 14.4. The highest BCUT2D eigenvalue weighted by Crippen LogP contribution is 2.18. The van der Waals surface area contributed by atoms with E-state index in [0.29, 0.717) is 6.54 Å². The minimum absolute atomic E-state index is 0.160. The molecule has 1 unspecified atom stereocenters. The molecule has 5 heteroatoms. The van der Waals surface area contributed by atoms with E-state index in [9.17, 15) is 0 Å². The predicted molar refractivity (Wildman–Crippen MR) is 81.8 cm³/mol. The predicted octanol–water partition coefficient (Wildman–Crippen LogP) is 2.89. The number of hydrogen-bond acceptors (Lipinski definition) is 4. The largest absolute Gasteiger partial charge is 0.377 e. The van der Waals surface area contributed by atoms with Crippen LogP contribution in [0.3, 0.4) is 0 Å². The first kappa shape index (κ1) is 13.3. The fraction of sp³-hybridized carbons (Fsp3) is 0.188. The van der Waals surface area contributed by atoms with Gasteiger partial charge in [-0.1, -0.05) is 18.2 Å². The molecule has 21 heavy (non-hydrogen) atoms. The summed E-state index contributed by atoms with van der Waals surface area (Å²) in [5.74, 6) is 0. The first-order chi connectivity index (χ1) is 10.3. The lowest BCUT2D eigenvalue weighted by molar-refractivity contribution is 0.685. The Hall–Kier alpha value is -2.69. The van der Waals surface area contributed by atoms with E-state index in [1.807, 2.05) is 30.5 Å². The lowest BCUT2D eigenvalue weighted by atomic mass is 10.1. The van der Waals surface area contributed by atoms with Gasteiger partial charge in [-0.15, -0.1) is 0 Å². The molecule has 0 bridgehead atoms. The number of anilines is 1. The number of nitrogens with zero attached hydrogens (tertiary/aromatic N) is 4. The Morgan fingerprint density at radius 1 is 1.19 bits per heavy atom. The number of pyridine rings is 1. The van der Waals surface area contributed by atoms with Gasteiger partial charge in [-0.05, 0) is 36.8 Å². The van der Waals surface area contributed by atoms with E-state index in [1.54, 1.807) is 17.3 Å². The highest BCUT2D eigenvalue weighted by molar-refractivity contribution is 5.47. The van der Waals surface area contributed by atoms with Crippen LogP contribution in [-0.4, -0.2) is 19.7 Å². The third kappa shape index (κ3) is 3.45. The van der Waals surface area contributed by atoms with Gasteiger partial charge in [0, 0.05) is 11.9 Å². The number of benzene rings is 1. The molecule has 3 aromatic rings. The molecule has 0 amide bonds. The molecule has 1 aromatic carbocycles. The van der Waals surface area contributed by atoms with Crippen molar-refractivity contribution in [2.75, 3.05) is 5.32 Å². The maximum absolute atomic E-state index is 4.37. The Bertz CT molecular complexity index is 679. The molecule has 0 saturated heterocycles. The van der Waals surface area contributed by atoms with Gasteiger partial charge >= 0.3 is 0 Å². The summed E-state index contributed by atoms with van der Waals surface area (Å²) in [6.07, 6.45) is 5.08. The van der Waals surface area contributed by atoms with Crippen molar-refractivity contribution in [1.29, 1.82) is 0 Å². The van der Waals surface area contributed by atoms with Crippen molar-refractivity contribution < 1.29 is 0 Å². The van der Waals surface area contributed by atoms with Gasteiger partial charge in [-0.25, -0.2) is 9.67 Å². The molecule has 1 atom stereocenters. The average molecular weight is 279 g/mol. The molecule has 3 rings (SSSR count). The van der Waals surface area contributed by atoms with Crippen LogP contribution in [0.5, 0.6) is 0 Å². The monoisotopic (exact) mass is 279 g/mol. The molecule has 2 heterocycles. The van der Waals surface area contributed by atoms with E-state index in [0.717, 1.165) is 11.4 Å². The summed E-state index contributed by atoms with van der Waals surface area (Å²) in [7, 11) is 0. The van der Waals surface area contributed by atoms with E-state index >= 15 is 0 Å². The first-order valence-electron chi connectivity index (χ1n) is 6.90. The molecule has 0 spiro atoms. The standard InChI is InChI=1S/C16H17N5/c1-13(16-7-2-3-8-18-16)20-15-6-4-5-14(9-15)10-21-12-17-11-19-21/h2-9,11-13,20H,10H2,1H3. The van der Waals surface area contributed by atoms with Gasteiger partial charge in [-0.2, -0.15) is 5.10 Å². The summed E-state index contributed by atoms with van der Waals surface area (Å²) >= 11 is 0. The highest BCUT2D eigenvalue weighted by Gasteiger charge is 2.06. The van der Waals surface area contributed by atoms with Crippen LogP contribution >= 0.6 is 0 Å². The summed E-state index contributed by atoms with van der Waals surface area (Å²) < 4.78 is 1.81. The van der Waals surface area contributed by atoms with Crippen LogP contribution in [0.1, 0.15) is 24.2 Å². The topological polar surface area (TPSA) is 55.6 Å². The van der Waals surface area contributed by atoms with Gasteiger partial charge in [0.15, 0.2) is 0 Å². The molecule has 0 aliphatic carbocycles. The van der Waals surface area contributed by atoms with Gasteiger partial charge < -0.3 is 5.32 Å². The van der Waals surface area contributed by atoms with Crippen molar-refractivity contribution in [3.63, 3.8) is 0 Å². The van der Waals surface area contributed by atoms with Crippen LogP contribution in [-0.2, 0) is 6.54 Å². The molecular formula is C16H17N5. The van der Waals surface area contributed by atoms with E-state index in [1.165, 1.54) is 5.56 Å². The minimum atomic E-state index is 0.160. The van der Waals surface area contributed by atoms with E-state index < -0.39 is 0 Å². The van der Waals surface area contributed by atoms with Gasteiger partial charge in [0.25, 0.3) is 0 Å². The molecule has 106 valence electrons. The SMILES string of the molecule is CC(Nc1cccc(Cn2cncn2)c1)c1ccccn1. The summed E-state index contributed by atoms with van der Waals surface area (Å²) in [4.78, 5) is 8.33. The Labute approximate surface area is 123 Å². The number of hydrogen-bond donors (Lipinski definition) is 1. The van der Waals surface area contributed by atoms with Crippen LogP contribution in [0.2, 0.25) is 0 Å². The third-order valence-corrected chi connectivity index (χ3v) is 3.25. The van der Waals surface area contributed by atoms with Crippen molar-refractivity contribution in [3.05, 3.63) is 72.6 Å². The van der Waals surface area contributed by atoms with Gasteiger partial charge in [0.2, 0.25) is 0 Å². The van der Waals surface area contributed by atoms with Crippen LogP contribution in [0.25, 0.3) is 0 Å². The van der Waals surface area contributed by atoms with Gasteiger partial charge in [-0.3, -0.25) is 4.98 Å². The van der Waals surface area contributed by atoms with Gasteiger partial charge in [0.05, 0.1) is 18.3 Å². The molecular weight excluding hydrogens is 262 g/mol. The van der Waals surface area contributed by atoms with Crippen molar-refractivity contribution in [1.82, 2.24) is 19.7 Å². The van der Waals surface area contributed by atoms with E-state index in [4.69, 9.17) is 0 Å². The zero-order valence-electron chi connectivity index (χ0n) is 11.8. The summed E-state index contributed by atoms with van der Waals surface area (Å²) in [5, 5.41) is 7.60. The molecule has 5 nitrogen and oxygen atoms in total. The molecule has 0 aliphatic heterocycles. The second-order valence-corrected chi connectivity index (χ2v) is 4.91. The second-order valence-electron chi connectivity index (χ2n) is 4.91. The molecule has 2 aromatic heterocycles. The molecule has 0 aliphatic rings. The van der Waals surface area contributed by atoms with E-state index in [-0.39, 0.29) is 6.04 Å². The highest BCUT2D eigenvalue weighted by atomic mass is 15.3. The maximum Gasteiger partial charge on any atom is 0.137 e. The quantitative estimate of drug-likeness (QED) is 0.780. The van der Waals surface area contributed by atoms with Gasteiger partial charge in [0.1, 0.15) is 12.7 Å². The van der Waals surface area contributed by atoms with Crippen molar-refractivity contribution in [2.24, 2.45) is 0 Å². The fourth-order valence-electron chi connectivity index (χ4n) is 2.22.